The Morgan fingerprint density at radius 1 is 1.15 bits per heavy atom. The van der Waals surface area contributed by atoms with Crippen LogP contribution in [0.15, 0.2) is 30.3 Å². The van der Waals surface area contributed by atoms with Crippen LogP contribution in [0.5, 0.6) is 5.75 Å². The molecule has 1 aromatic rings. The van der Waals surface area contributed by atoms with Crippen molar-refractivity contribution in [1.29, 1.82) is 0 Å². The maximum absolute atomic E-state index is 12.3. The molecule has 4 atom stereocenters. The number of rotatable bonds is 5. The molecule has 3 rings (SSSR count). The number of benzene rings is 1. The number of nitrogens with zero attached hydrogens (tertiary/aromatic N) is 2. The summed E-state index contributed by atoms with van der Waals surface area (Å²) in [6.07, 6.45) is 2.31. The van der Waals surface area contributed by atoms with Crippen molar-refractivity contribution in [3.63, 3.8) is 0 Å². The van der Waals surface area contributed by atoms with Crippen molar-refractivity contribution in [2.75, 3.05) is 40.8 Å². The van der Waals surface area contributed by atoms with Crippen molar-refractivity contribution < 1.29 is 14.3 Å². The molecule has 148 valence electrons. The van der Waals surface area contributed by atoms with Crippen LogP contribution < -0.4 is 4.74 Å². The second-order valence-corrected chi connectivity index (χ2v) is 7.31. The monoisotopic (exact) mass is 492 g/mol. The molecule has 1 saturated heterocycles. The van der Waals surface area contributed by atoms with E-state index in [0.717, 1.165) is 19.5 Å². The molecule has 1 aromatic carbocycles. The molecule has 26 heavy (non-hydrogen) atoms. The number of esters is 1. The van der Waals surface area contributed by atoms with Crippen molar-refractivity contribution in [2.24, 2.45) is 11.8 Å². The number of fused-ring (bicyclic) bond motifs is 2. The summed E-state index contributed by atoms with van der Waals surface area (Å²) in [6, 6.07) is 9.87. The molecule has 1 aliphatic carbocycles. The number of carbonyl (C=O) groups is 1. The fraction of sp³-hybridized carbons (Fsp3) is 0.632. The van der Waals surface area contributed by atoms with Crippen LogP contribution in [0.1, 0.15) is 12.8 Å². The Bertz CT molecular complexity index is 559. The molecule has 0 aromatic heterocycles. The second kappa shape index (κ2) is 10.6. The second-order valence-electron chi connectivity index (χ2n) is 7.31. The van der Waals surface area contributed by atoms with Crippen molar-refractivity contribution in [1.82, 2.24) is 9.80 Å². The summed E-state index contributed by atoms with van der Waals surface area (Å²) in [7, 11) is 6.41. The Balaban J connectivity index is 0.00000169. The minimum Gasteiger partial charge on any atom is -0.482 e. The van der Waals surface area contributed by atoms with Crippen LogP contribution in [0.3, 0.4) is 0 Å². The van der Waals surface area contributed by atoms with E-state index in [1.807, 2.05) is 30.3 Å². The molecule has 0 radical (unpaired) electrons. The zero-order valence-corrected chi connectivity index (χ0v) is 19.1. The first-order valence-electron chi connectivity index (χ1n) is 8.77. The van der Waals surface area contributed by atoms with Gasteiger partial charge in [-0.15, -0.1) is 34.0 Å². The van der Waals surface area contributed by atoms with E-state index in [0.29, 0.717) is 23.6 Å². The summed E-state index contributed by atoms with van der Waals surface area (Å²) in [5, 5.41) is 0. The summed E-state index contributed by atoms with van der Waals surface area (Å²) in [6.45, 7) is 1.97. The van der Waals surface area contributed by atoms with Gasteiger partial charge >= 0.3 is 5.97 Å². The van der Waals surface area contributed by atoms with Crippen molar-refractivity contribution in [2.45, 2.75) is 25.0 Å². The first-order valence-corrected chi connectivity index (χ1v) is 8.77. The van der Waals surface area contributed by atoms with Gasteiger partial charge in [-0.25, -0.2) is 4.79 Å². The third-order valence-electron chi connectivity index (χ3n) is 5.31. The van der Waals surface area contributed by atoms with Gasteiger partial charge in [0.05, 0.1) is 0 Å². The number of hydrogen-bond donors (Lipinski definition) is 0. The first kappa shape index (κ1) is 23.4. The lowest BCUT2D eigenvalue weighted by Gasteiger charge is -2.50. The number of likely N-dealkylation sites (tertiary alicyclic amines) is 1. The van der Waals surface area contributed by atoms with Gasteiger partial charge in [-0.2, -0.15) is 0 Å². The van der Waals surface area contributed by atoms with Gasteiger partial charge in [0.2, 0.25) is 0 Å². The van der Waals surface area contributed by atoms with Gasteiger partial charge in [0.1, 0.15) is 11.9 Å². The highest BCUT2D eigenvalue weighted by Gasteiger charge is 2.46. The number of ether oxygens (including phenoxy) is 2. The average Bonchev–Trinajstić information content (AvgIpc) is 2.54. The molecule has 5 nitrogen and oxygen atoms in total. The van der Waals surface area contributed by atoms with E-state index in [-0.39, 0.29) is 52.6 Å². The molecule has 2 bridgehead atoms. The summed E-state index contributed by atoms with van der Waals surface area (Å²) < 4.78 is 11.4. The molecule has 2 fully saturated rings. The highest BCUT2D eigenvalue weighted by molar-refractivity contribution is 8.93. The van der Waals surface area contributed by atoms with E-state index in [1.54, 1.807) is 0 Å². The molecule has 0 N–H and O–H groups in total. The number of carbonyl (C=O) groups excluding carboxylic acids is 1. The van der Waals surface area contributed by atoms with Crippen LogP contribution in [0.2, 0.25) is 0 Å². The Hall–Kier alpha value is -0.630. The van der Waals surface area contributed by atoms with Gasteiger partial charge < -0.3 is 19.3 Å². The maximum atomic E-state index is 12.3. The molecule has 2 unspecified atom stereocenters. The number of para-hydroxylation sites is 1. The molecule has 1 saturated carbocycles. The molecule has 2 aliphatic rings. The average molecular weight is 494 g/mol. The van der Waals surface area contributed by atoms with Crippen LogP contribution in [0.25, 0.3) is 0 Å². The third-order valence-corrected chi connectivity index (χ3v) is 5.31. The number of hydrogen-bond acceptors (Lipinski definition) is 5. The Morgan fingerprint density at radius 2 is 1.85 bits per heavy atom. The number of halogens is 2. The summed E-state index contributed by atoms with van der Waals surface area (Å²) in [5.74, 6) is 1.25. The van der Waals surface area contributed by atoms with Crippen molar-refractivity contribution in [3.8, 4) is 5.75 Å². The minimum atomic E-state index is -0.261. The van der Waals surface area contributed by atoms with Crippen LogP contribution in [-0.2, 0) is 9.53 Å². The van der Waals surface area contributed by atoms with Gasteiger partial charge in [-0.3, -0.25) is 0 Å². The lowest BCUT2D eigenvalue weighted by atomic mass is 9.72. The van der Waals surface area contributed by atoms with Crippen molar-refractivity contribution >= 4 is 39.9 Å². The predicted molar refractivity (Wildman–Crippen MR) is 114 cm³/mol. The maximum Gasteiger partial charge on any atom is 0.344 e. The molecule has 0 spiro atoms. The lowest BCUT2D eigenvalue weighted by molar-refractivity contribution is -0.169. The van der Waals surface area contributed by atoms with E-state index in [4.69, 9.17) is 9.47 Å². The molecular weight excluding hydrogens is 464 g/mol. The van der Waals surface area contributed by atoms with E-state index >= 15 is 0 Å². The van der Waals surface area contributed by atoms with Gasteiger partial charge in [0.25, 0.3) is 0 Å². The van der Waals surface area contributed by atoms with Gasteiger partial charge in [-0.1, -0.05) is 18.2 Å². The Labute approximate surface area is 177 Å². The van der Waals surface area contributed by atoms with Gasteiger partial charge in [0, 0.05) is 31.0 Å². The Morgan fingerprint density at radius 3 is 2.50 bits per heavy atom. The van der Waals surface area contributed by atoms with Gasteiger partial charge in [0.15, 0.2) is 6.61 Å². The molecule has 7 heteroatoms. The SMILES string of the molecule is Br.Br.CN1CC2CC[C@@H](N(C)C)C(C1)[C@H]2OC(=O)COc1ccccc1. The quantitative estimate of drug-likeness (QED) is 0.590. The first-order chi connectivity index (χ1) is 11.5. The van der Waals surface area contributed by atoms with Gasteiger partial charge in [-0.05, 0) is 46.1 Å². The molecule has 0 amide bonds. The van der Waals surface area contributed by atoms with E-state index < -0.39 is 0 Å². The normalized spacial score (nSPS) is 27.8. The molecule has 1 aliphatic heterocycles. The fourth-order valence-electron chi connectivity index (χ4n) is 4.26. The van der Waals surface area contributed by atoms with Crippen LogP contribution in [-0.4, -0.2) is 68.8 Å². The molecular formula is C19H30Br2N2O3. The van der Waals surface area contributed by atoms with E-state index in [9.17, 15) is 4.79 Å². The topological polar surface area (TPSA) is 42.0 Å². The van der Waals surface area contributed by atoms with Crippen LogP contribution in [0.4, 0.5) is 0 Å². The largest absolute Gasteiger partial charge is 0.482 e. The standard InChI is InChI=1S/C19H28N2O3.2BrH/c1-20(2)17-10-9-14-11-21(3)12-16(17)19(14)24-18(22)13-23-15-7-5-4-6-8-15;;/h4-8,14,16-17,19H,9-13H2,1-3H3;2*1H/t14?,16?,17-,19+;;/m1../s1. The highest BCUT2D eigenvalue weighted by Crippen LogP contribution is 2.38. The van der Waals surface area contributed by atoms with Crippen LogP contribution in [0, 0.1) is 11.8 Å². The fourth-order valence-corrected chi connectivity index (χ4v) is 4.26. The summed E-state index contributed by atoms with van der Waals surface area (Å²) >= 11 is 0. The third kappa shape index (κ3) is 5.68. The minimum absolute atomic E-state index is 0. The van der Waals surface area contributed by atoms with E-state index in [2.05, 4.69) is 30.9 Å². The summed E-state index contributed by atoms with van der Waals surface area (Å²) in [5.41, 5.74) is 0. The predicted octanol–water partition coefficient (Wildman–Crippen LogP) is 3.03. The highest BCUT2D eigenvalue weighted by atomic mass is 79.9. The zero-order valence-electron chi connectivity index (χ0n) is 15.7. The molecule has 1 heterocycles. The van der Waals surface area contributed by atoms with Crippen LogP contribution >= 0.6 is 34.0 Å². The zero-order chi connectivity index (χ0) is 17.1. The number of piperidine rings is 1. The lowest BCUT2D eigenvalue weighted by Crippen LogP contribution is -2.59. The van der Waals surface area contributed by atoms with Crippen molar-refractivity contribution in [3.05, 3.63) is 30.3 Å². The summed E-state index contributed by atoms with van der Waals surface area (Å²) in [4.78, 5) is 16.9. The van der Waals surface area contributed by atoms with E-state index in [1.165, 1.54) is 6.42 Å². The Kier molecular flexibility index (Phi) is 9.58. The smallest absolute Gasteiger partial charge is 0.344 e.